The quantitative estimate of drug-likeness (QED) is 0.862. The fraction of sp³-hybridized carbons (Fsp3) is 0.562. The summed E-state index contributed by atoms with van der Waals surface area (Å²) in [6.45, 7) is 4.33. The Balaban J connectivity index is 2.17. The predicted octanol–water partition coefficient (Wildman–Crippen LogP) is 4.21. The van der Waals surface area contributed by atoms with Gasteiger partial charge < -0.3 is 5.32 Å². The summed E-state index contributed by atoms with van der Waals surface area (Å²) < 4.78 is 0. The summed E-state index contributed by atoms with van der Waals surface area (Å²) in [5.41, 5.74) is 0.584. The van der Waals surface area contributed by atoms with Crippen molar-refractivity contribution in [3.05, 3.63) is 30.3 Å². The highest BCUT2D eigenvalue weighted by molar-refractivity contribution is 5.47. The number of para-hydroxylation sites is 1. The lowest BCUT2D eigenvalue weighted by Crippen LogP contribution is -2.45. The van der Waals surface area contributed by atoms with E-state index in [1.807, 2.05) is 37.3 Å². The van der Waals surface area contributed by atoms with Crippen molar-refractivity contribution in [3.8, 4) is 6.07 Å². The molecular weight excluding hydrogens is 220 g/mol. The molecule has 0 aromatic heterocycles. The van der Waals surface area contributed by atoms with Crippen LogP contribution in [0.3, 0.4) is 0 Å². The Kier molecular flexibility index (Phi) is 3.91. The molecule has 1 fully saturated rings. The number of nitriles is 1. The van der Waals surface area contributed by atoms with Gasteiger partial charge in [0.15, 0.2) is 0 Å². The van der Waals surface area contributed by atoms with Crippen LogP contribution in [0, 0.1) is 23.2 Å². The molecular formula is C16H22N2. The molecule has 2 nitrogen and oxygen atoms in total. The number of hydrogen-bond donors (Lipinski definition) is 1. The number of benzene rings is 1. The molecule has 1 aliphatic rings. The van der Waals surface area contributed by atoms with Crippen molar-refractivity contribution in [1.82, 2.24) is 0 Å². The van der Waals surface area contributed by atoms with Gasteiger partial charge in [-0.05, 0) is 37.3 Å². The molecule has 96 valence electrons. The average Bonchev–Trinajstić information content (AvgIpc) is 2.40. The van der Waals surface area contributed by atoms with E-state index >= 15 is 0 Å². The fourth-order valence-corrected chi connectivity index (χ4v) is 3.20. The molecule has 1 saturated carbocycles. The molecule has 0 radical (unpaired) electrons. The topological polar surface area (TPSA) is 35.8 Å². The number of nitrogens with one attached hydrogen (secondary N) is 1. The minimum absolute atomic E-state index is 0.441. The molecule has 0 saturated heterocycles. The van der Waals surface area contributed by atoms with E-state index < -0.39 is 5.54 Å². The third-order valence-electron chi connectivity index (χ3n) is 4.26. The first-order valence-corrected chi connectivity index (χ1v) is 6.90. The second-order valence-electron chi connectivity index (χ2n) is 5.67. The summed E-state index contributed by atoms with van der Waals surface area (Å²) in [5, 5.41) is 13.0. The number of rotatable bonds is 3. The van der Waals surface area contributed by atoms with Crippen molar-refractivity contribution >= 4 is 5.69 Å². The van der Waals surface area contributed by atoms with E-state index in [2.05, 4.69) is 18.3 Å². The first-order chi connectivity index (χ1) is 8.65. The summed E-state index contributed by atoms with van der Waals surface area (Å²) in [5.74, 6) is 1.07. The normalized spacial score (nSPS) is 26.9. The zero-order valence-corrected chi connectivity index (χ0v) is 11.3. The van der Waals surface area contributed by atoms with Gasteiger partial charge in [0.2, 0.25) is 0 Å². The SMILES string of the molecule is C[C@@H]1CCCC[C@@H]1[C@@](C)(C#N)Nc1ccccc1. The molecule has 0 amide bonds. The lowest BCUT2D eigenvalue weighted by atomic mass is 9.70. The Bertz CT molecular complexity index is 420. The highest BCUT2D eigenvalue weighted by atomic mass is 15.0. The number of nitrogens with zero attached hydrogens (tertiary/aromatic N) is 1. The molecule has 0 spiro atoms. The third kappa shape index (κ3) is 2.67. The third-order valence-corrected chi connectivity index (χ3v) is 4.26. The molecule has 1 aromatic carbocycles. The van der Waals surface area contributed by atoms with Crippen LogP contribution in [0.4, 0.5) is 5.69 Å². The van der Waals surface area contributed by atoms with Gasteiger partial charge in [0.1, 0.15) is 5.54 Å². The second-order valence-corrected chi connectivity index (χ2v) is 5.67. The van der Waals surface area contributed by atoms with Crippen molar-refractivity contribution in [2.75, 3.05) is 5.32 Å². The molecule has 0 bridgehead atoms. The summed E-state index contributed by atoms with van der Waals surface area (Å²) in [6.07, 6.45) is 4.97. The van der Waals surface area contributed by atoms with Crippen LogP contribution in [-0.4, -0.2) is 5.54 Å². The monoisotopic (exact) mass is 242 g/mol. The first kappa shape index (κ1) is 13.0. The van der Waals surface area contributed by atoms with Gasteiger partial charge >= 0.3 is 0 Å². The maximum absolute atomic E-state index is 9.60. The standard InChI is InChI=1S/C16H22N2/c1-13-8-6-7-11-15(13)16(2,12-17)18-14-9-4-3-5-10-14/h3-5,9-10,13,15,18H,6-8,11H2,1-2H3/t13-,15+,16-/m1/s1. The molecule has 0 aliphatic heterocycles. The van der Waals surface area contributed by atoms with Gasteiger partial charge in [0.25, 0.3) is 0 Å². The Labute approximate surface area is 110 Å². The summed E-state index contributed by atoms with van der Waals surface area (Å²) in [6, 6.07) is 12.6. The van der Waals surface area contributed by atoms with Crippen molar-refractivity contribution in [2.24, 2.45) is 11.8 Å². The van der Waals surface area contributed by atoms with Crippen LogP contribution >= 0.6 is 0 Å². The molecule has 0 heterocycles. The Hall–Kier alpha value is -1.49. The van der Waals surface area contributed by atoms with E-state index in [1.165, 1.54) is 19.3 Å². The van der Waals surface area contributed by atoms with Crippen molar-refractivity contribution in [1.29, 1.82) is 5.26 Å². The maximum atomic E-state index is 9.60. The van der Waals surface area contributed by atoms with Crippen LogP contribution in [0.2, 0.25) is 0 Å². The molecule has 2 heteroatoms. The van der Waals surface area contributed by atoms with Crippen LogP contribution in [-0.2, 0) is 0 Å². The zero-order valence-electron chi connectivity index (χ0n) is 11.3. The van der Waals surface area contributed by atoms with Crippen molar-refractivity contribution in [3.63, 3.8) is 0 Å². The van der Waals surface area contributed by atoms with Gasteiger partial charge in [-0.25, -0.2) is 0 Å². The van der Waals surface area contributed by atoms with Gasteiger partial charge in [0, 0.05) is 5.69 Å². The minimum Gasteiger partial charge on any atom is -0.367 e. The van der Waals surface area contributed by atoms with Crippen LogP contribution in [0.5, 0.6) is 0 Å². The lowest BCUT2D eigenvalue weighted by Gasteiger charge is -2.40. The van der Waals surface area contributed by atoms with E-state index in [-0.39, 0.29) is 0 Å². The maximum Gasteiger partial charge on any atom is 0.125 e. The van der Waals surface area contributed by atoms with Crippen LogP contribution in [0.25, 0.3) is 0 Å². The average molecular weight is 242 g/mol. The predicted molar refractivity (Wildman–Crippen MR) is 75.2 cm³/mol. The Morgan fingerprint density at radius 1 is 1.22 bits per heavy atom. The molecule has 0 unspecified atom stereocenters. The largest absolute Gasteiger partial charge is 0.367 e. The van der Waals surface area contributed by atoms with E-state index in [1.54, 1.807) is 0 Å². The van der Waals surface area contributed by atoms with Crippen LogP contribution in [0.15, 0.2) is 30.3 Å². The number of hydrogen-bond acceptors (Lipinski definition) is 2. The zero-order chi connectivity index (χ0) is 13.0. The molecule has 1 N–H and O–H groups in total. The lowest BCUT2D eigenvalue weighted by molar-refractivity contribution is 0.202. The highest BCUT2D eigenvalue weighted by Crippen LogP contribution is 2.38. The Morgan fingerprint density at radius 3 is 2.50 bits per heavy atom. The van der Waals surface area contributed by atoms with E-state index in [0.717, 1.165) is 12.1 Å². The van der Waals surface area contributed by atoms with Crippen LogP contribution < -0.4 is 5.32 Å². The summed E-state index contributed by atoms with van der Waals surface area (Å²) in [4.78, 5) is 0. The van der Waals surface area contributed by atoms with E-state index in [9.17, 15) is 5.26 Å². The van der Waals surface area contributed by atoms with Gasteiger partial charge in [-0.2, -0.15) is 5.26 Å². The summed E-state index contributed by atoms with van der Waals surface area (Å²) >= 11 is 0. The second kappa shape index (κ2) is 5.44. The van der Waals surface area contributed by atoms with Gasteiger partial charge in [-0.15, -0.1) is 0 Å². The van der Waals surface area contributed by atoms with Gasteiger partial charge in [-0.1, -0.05) is 44.4 Å². The molecule has 2 rings (SSSR count). The number of anilines is 1. The van der Waals surface area contributed by atoms with E-state index in [4.69, 9.17) is 0 Å². The van der Waals surface area contributed by atoms with Crippen LogP contribution in [0.1, 0.15) is 39.5 Å². The fourth-order valence-electron chi connectivity index (χ4n) is 3.20. The van der Waals surface area contributed by atoms with Crippen molar-refractivity contribution < 1.29 is 0 Å². The molecule has 1 aliphatic carbocycles. The van der Waals surface area contributed by atoms with Crippen molar-refractivity contribution in [2.45, 2.75) is 45.1 Å². The molecule has 18 heavy (non-hydrogen) atoms. The van der Waals surface area contributed by atoms with Gasteiger partial charge in [-0.3, -0.25) is 0 Å². The highest BCUT2D eigenvalue weighted by Gasteiger charge is 2.38. The smallest absolute Gasteiger partial charge is 0.125 e. The molecule has 3 atom stereocenters. The molecule has 1 aromatic rings. The minimum atomic E-state index is -0.457. The first-order valence-electron chi connectivity index (χ1n) is 6.90. The summed E-state index contributed by atoms with van der Waals surface area (Å²) in [7, 11) is 0. The van der Waals surface area contributed by atoms with Gasteiger partial charge in [0.05, 0.1) is 6.07 Å². The van der Waals surface area contributed by atoms with E-state index in [0.29, 0.717) is 11.8 Å². The Morgan fingerprint density at radius 2 is 1.89 bits per heavy atom.